The number of hydrogen-bond donors (Lipinski definition) is 3. The van der Waals surface area contributed by atoms with Gasteiger partial charge in [-0.3, -0.25) is 4.90 Å². The minimum Gasteiger partial charge on any atom is -0.309 e. The number of fused-ring (bicyclic) bond motifs is 1. The third-order valence-corrected chi connectivity index (χ3v) is 4.73. The van der Waals surface area contributed by atoms with Crippen LogP contribution in [-0.2, 0) is 6.54 Å². The molecule has 3 N–H and O–H groups in total. The molecule has 0 bridgehead atoms. The molecular weight excluding hydrogens is 306 g/mol. The molecule has 4 rings (SSSR count). The summed E-state index contributed by atoms with van der Waals surface area (Å²) in [5, 5.41) is 7.52. The molecule has 1 aromatic heterocycles. The van der Waals surface area contributed by atoms with Gasteiger partial charge in [0.1, 0.15) is 6.54 Å². The molecule has 1 unspecified atom stereocenters. The topological polar surface area (TPSA) is 53.8 Å². The zero-order valence-corrected chi connectivity index (χ0v) is 13.4. The fourth-order valence-corrected chi connectivity index (χ4v) is 3.49. The molecule has 1 atom stereocenters. The molecule has 5 nitrogen and oxygen atoms in total. The van der Waals surface area contributed by atoms with E-state index in [1.165, 1.54) is 15.2 Å². The van der Waals surface area contributed by atoms with Gasteiger partial charge in [0.25, 0.3) is 0 Å². The van der Waals surface area contributed by atoms with Crippen LogP contribution in [0.4, 0.5) is 5.13 Å². The molecule has 1 aliphatic heterocycles. The van der Waals surface area contributed by atoms with E-state index in [4.69, 9.17) is 0 Å². The number of hydrogen-bond acceptors (Lipinski definition) is 5. The lowest BCUT2D eigenvalue weighted by atomic mass is 10.2. The summed E-state index contributed by atoms with van der Waals surface area (Å²) >= 11 is 1.64. The first-order valence-electron chi connectivity index (χ1n) is 7.65. The first kappa shape index (κ1) is 14.2. The minimum atomic E-state index is 0.759. The van der Waals surface area contributed by atoms with Crippen molar-refractivity contribution in [2.24, 2.45) is 4.99 Å². The van der Waals surface area contributed by atoms with Crippen LogP contribution in [0.3, 0.4) is 0 Å². The first-order chi connectivity index (χ1) is 11.4. The Bertz CT molecular complexity index is 794. The number of aliphatic imine (C=N–C) groups is 1. The Morgan fingerprint density at radius 1 is 1.09 bits per heavy atom. The van der Waals surface area contributed by atoms with E-state index in [0.29, 0.717) is 0 Å². The third kappa shape index (κ3) is 3.33. The number of guanidine groups is 1. The lowest BCUT2D eigenvalue weighted by Crippen LogP contribution is -3.13. The zero-order valence-electron chi connectivity index (χ0n) is 12.6. The van der Waals surface area contributed by atoms with Gasteiger partial charge in [0.05, 0.1) is 10.2 Å². The molecule has 0 saturated carbocycles. The maximum Gasteiger partial charge on any atom is 0.206 e. The van der Waals surface area contributed by atoms with Crippen molar-refractivity contribution < 1.29 is 4.90 Å². The van der Waals surface area contributed by atoms with Crippen LogP contribution in [0.1, 0.15) is 5.56 Å². The van der Waals surface area contributed by atoms with E-state index in [1.807, 2.05) is 24.3 Å². The van der Waals surface area contributed by atoms with Gasteiger partial charge in [0.15, 0.2) is 18.5 Å². The van der Waals surface area contributed by atoms with E-state index in [1.54, 1.807) is 11.3 Å². The molecule has 116 valence electrons. The van der Waals surface area contributed by atoms with E-state index < -0.39 is 0 Å². The van der Waals surface area contributed by atoms with Crippen LogP contribution < -0.4 is 15.5 Å². The van der Waals surface area contributed by atoms with Crippen molar-refractivity contribution in [3.8, 4) is 0 Å². The van der Waals surface area contributed by atoms with Crippen LogP contribution in [-0.4, -0.2) is 24.3 Å². The van der Waals surface area contributed by atoms with Gasteiger partial charge in [-0.1, -0.05) is 53.8 Å². The number of aromatic nitrogens is 1. The normalized spacial score (nSPS) is 17.6. The lowest BCUT2D eigenvalue weighted by molar-refractivity contribution is -0.916. The van der Waals surface area contributed by atoms with Crippen LogP contribution in [0, 0.1) is 0 Å². The van der Waals surface area contributed by atoms with Crippen molar-refractivity contribution >= 4 is 32.6 Å². The molecule has 6 heteroatoms. The van der Waals surface area contributed by atoms with Crippen LogP contribution in [0.15, 0.2) is 59.6 Å². The highest BCUT2D eigenvalue weighted by molar-refractivity contribution is 7.22. The highest BCUT2D eigenvalue weighted by atomic mass is 32.1. The molecule has 23 heavy (non-hydrogen) atoms. The molecule has 0 spiro atoms. The Morgan fingerprint density at radius 2 is 1.91 bits per heavy atom. The third-order valence-electron chi connectivity index (χ3n) is 3.78. The fraction of sp³-hybridized carbons (Fsp3) is 0.176. The monoisotopic (exact) mass is 324 g/mol. The SMILES string of the molecule is c1ccc(C[NH+]2CN=C(Nc3nc4ccccc4s3)NC2)cc1. The molecule has 0 aliphatic carbocycles. The number of para-hydroxylation sites is 1. The summed E-state index contributed by atoms with van der Waals surface area (Å²) in [6.45, 7) is 2.59. The van der Waals surface area contributed by atoms with Gasteiger partial charge in [-0.25, -0.2) is 4.98 Å². The van der Waals surface area contributed by atoms with E-state index in [-0.39, 0.29) is 0 Å². The van der Waals surface area contributed by atoms with Crippen LogP contribution in [0.5, 0.6) is 0 Å². The smallest absolute Gasteiger partial charge is 0.206 e. The largest absolute Gasteiger partial charge is 0.309 e. The molecule has 0 radical (unpaired) electrons. The number of nitrogens with one attached hydrogen (secondary N) is 3. The van der Waals surface area contributed by atoms with Crippen LogP contribution in [0.2, 0.25) is 0 Å². The number of rotatable bonds is 3. The second-order valence-corrected chi connectivity index (χ2v) is 6.57. The van der Waals surface area contributed by atoms with Crippen molar-refractivity contribution in [2.75, 3.05) is 18.7 Å². The van der Waals surface area contributed by atoms with Gasteiger partial charge < -0.3 is 10.6 Å². The summed E-state index contributed by atoms with van der Waals surface area (Å²) < 4.78 is 1.18. The van der Waals surface area contributed by atoms with E-state index in [9.17, 15) is 0 Å². The maximum absolute atomic E-state index is 4.60. The predicted octanol–water partition coefficient (Wildman–Crippen LogP) is 1.67. The number of thiazole rings is 1. The molecule has 1 aliphatic rings. The first-order valence-corrected chi connectivity index (χ1v) is 8.47. The Morgan fingerprint density at radius 3 is 2.70 bits per heavy atom. The van der Waals surface area contributed by atoms with Crippen molar-refractivity contribution in [2.45, 2.75) is 6.54 Å². The molecule has 2 aromatic carbocycles. The van der Waals surface area contributed by atoms with Gasteiger partial charge in [0, 0.05) is 5.56 Å². The molecular formula is C17H18N5S+. The summed E-state index contributed by atoms with van der Waals surface area (Å²) in [6.07, 6.45) is 0. The summed E-state index contributed by atoms with van der Waals surface area (Å²) in [5.41, 5.74) is 2.36. The maximum atomic E-state index is 4.60. The standard InChI is InChI=1S/C17H17N5S/c1-2-6-13(7-3-1)10-22-11-18-16(19-12-22)21-17-20-14-8-4-5-9-15(14)23-17/h1-9H,10-12H2,(H2,18,19,20,21)/p+1. The quantitative estimate of drug-likeness (QED) is 0.687. The Labute approximate surface area is 138 Å². The van der Waals surface area contributed by atoms with E-state index in [2.05, 4.69) is 50.9 Å². The second-order valence-electron chi connectivity index (χ2n) is 5.54. The number of anilines is 1. The van der Waals surface area contributed by atoms with Gasteiger partial charge in [-0.2, -0.15) is 4.99 Å². The highest BCUT2D eigenvalue weighted by Crippen LogP contribution is 2.25. The zero-order chi connectivity index (χ0) is 15.5. The lowest BCUT2D eigenvalue weighted by Gasteiger charge is -2.24. The average Bonchev–Trinajstić information content (AvgIpc) is 3.00. The molecule has 0 fully saturated rings. The molecule has 3 aromatic rings. The van der Waals surface area contributed by atoms with Gasteiger partial charge in [0.2, 0.25) is 5.96 Å². The van der Waals surface area contributed by atoms with E-state index in [0.717, 1.165) is 36.5 Å². The molecule has 0 amide bonds. The summed E-state index contributed by atoms with van der Waals surface area (Å²) in [5.74, 6) is 0.806. The average molecular weight is 324 g/mol. The molecule has 0 saturated heterocycles. The van der Waals surface area contributed by atoms with Crippen LogP contribution >= 0.6 is 11.3 Å². The Balaban J connectivity index is 1.39. The Kier molecular flexibility index (Phi) is 3.92. The second kappa shape index (κ2) is 6.36. The summed E-state index contributed by atoms with van der Waals surface area (Å²) in [6, 6.07) is 18.7. The molecule has 2 heterocycles. The minimum absolute atomic E-state index is 0.759. The number of nitrogens with zero attached hydrogens (tertiary/aromatic N) is 2. The van der Waals surface area contributed by atoms with Crippen molar-refractivity contribution in [1.29, 1.82) is 0 Å². The Hall–Kier alpha value is -2.44. The number of benzene rings is 2. The van der Waals surface area contributed by atoms with Crippen LogP contribution in [0.25, 0.3) is 10.2 Å². The van der Waals surface area contributed by atoms with Gasteiger partial charge in [-0.15, -0.1) is 0 Å². The van der Waals surface area contributed by atoms with Gasteiger partial charge >= 0.3 is 0 Å². The predicted molar refractivity (Wildman–Crippen MR) is 94.7 cm³/mol. The summed E-state index contributed by atoms with van der Waals surface area (Å²) in [4.78, 5) is 10.6. The van der Waals surface area contributed by atoms with Crippen molar-refractivity contribution in [3.63, 3.8) is 0 Å². The van der Waals surface area contributed by atoms with Crippen molar-refractivity contribution in [1.82, 2.24) is 10.3 Å². The van der Waals surface area contributed by atoms with E-state index >= 15 is 0 Å². The fourth-order valence-electron chi connectivity index (χ4n) is 2.63. The van der Waals surface area contributed by atoms with Crippen molar-refractivity contribution in [3.05, 3.63) is 60.2 Å². The summed E-state index contributed by atoms with van der Waals surface area (Å²) in [7, 11) is 0. The van der Waals surface area contributed by atoms with Gasteiger partial charge in [-0.05, 0) is 12.1 Å². The highest BCUT2D eigenvalue weighted by Gasteiger charge is 2.16. The number of quaternary nitrogens is 1.